The van der Waals surface area contributed by atoms with Gasteiger partial charge in [0.15, 0.2) is 11.5 Å². The Kier molecular flexibility index (Phi) is 4.54. The Labute approximate surface area is 133 Å². The topological polar surface area (TPSA) is 30.5 Å². The molecule has 110 valence electrons. The van der Waals surface area contributed by atoms with E-state index >= 15 is 0 Å². The summed E-state index contributed by atoms with van der Waals surface area (Å²) in [4.78, 5) is 0. The highest BCUT2D eigenvalue weighted by Gasteiger charge is 2.20. The highest BCUT2D eigenvalue weighted by Crippen LogP contribution is 2.30. The molecule has 1 N–H and O–H groups in total. The van der Waals surface area contributed by atoms with Gasteiger partial charge in [-0.15, -0.1) is 0 Å². The summed E-state index contributed by atoms with van der Waals surface area (Å²) in [5.41, 5.74) is 0.901. The summed E-state index contributed by atoms with van der Waals surface area (Å²) < 4.78 is 11.5. The molecule has 0 radical (unpaired) electrons. The predicted molar refractivity (Wildman–Crippen MR) is 84.5 cm³/mol. The monoisotopic (exact) mass is 323 g/mol. The van der Waals surface area contributed by atoms with Gasteiger partial charge in [0.1, 0.15) is 12.7 Å². The molecule has 0 bridgehead atoms. The summed E-state index contributed by atoms with van der Waals surface area (Å²) in [5.74, 6) is 1.58. The van der Waals surface area contributed by atoms with Crippen molar-refractivity contribution in [3.63, 3.8) is 0 Å². The van der Waals surface area contributed by atoms with Gasteiger partial charge in [-0.2, -0.15) is 0 Å². The van der Waals surface area contributed by atoms with E-state index in [1.807, 2.05) is 42.5 Å². The van der Waals surface area contributed by atoms with Gasteiger partial charge in [-0.05, 0) is 24.3 Å². The van der Waals surface area contributed by atoms with E-state index in [1.165, 1.54) is 0 Å². The molecule has 1 atom stereocenters. The first-order valence-corrected chi connectivity index (χ1v) is 7.52. The Hall–Kier alpha value is -1.42. The van der Waals surface area contributed by atoms with Gasteiger partial charge >= 0.3 is 0 Å². The normalized spacial score (nSPS) is 16.8. The molecule has 0 aliphatic carbocycles. The summed E-state index contributed by atoms with van der Waals surface area (Å²) >= 11 is 12.3. The van der Waals surface area contributed by atoms with Crippen molar-refractivity contribution in [2.75, 3.05) is 13.2 Å². The van der Waals surface area contributed by atoms with Crippen molar-refractivity contribution in [3.05, 3.63) is 58.1 Å². The van der Waals surface area contributed by atoms with Crippen LogP contribution in [-0.4, -0.2) is 19.3 Å². The maximum absolute atomic E-state index is 6.14. The summed E-state index contributed by atoms with van der Waals surface area (Å²) in [6.07, 6.45) is -0.0267. The number of halogens is 2. The van der Waals surface area contributed by atoms with Crippen LogP contribution in [0.5, 0.6) is 11.5 Å². The van der Waals surface area contributed by atoms with Crippen molar-refractivity contribution >= 4 is 23.2 Å². The lowest BCUT2D eigenvalue weighted by Crippen LogP contribution is -2.38. The molecule has 0 spiro atoms. The number of nitrogens with one attached hydrogen (secondary N) is 1. The maximum atomic E-state index is 6.14. The van der Waals surface area contributed by atoms with E-state index in [2.05, 4.69) is 5.32 Å². The van der Waals surface area contributed by atoms with Crippen LogP contribution in [0.2, 0.25) is 10.0 Å². The minimum absolute atomic E-state index is 0.0267. The average molecular weight is 324 g/mol. The van der Waals surface area contributed by atoms with Crippen LogP contribution < -0.4 is 14.8 Å². The smallest absolute Gasteiger partial charge is 0.161 e. The number of hydrogen-bond donors (Lipinski definition) is 1. The first-order valence-electron chi connectivity index (χ1n) is 6.76. The van der Waals surface area contributed by atoms with Crippen LogP contribution in [0, 0.1) is 0 Å². The molecule has 1 unspecified atom stereocenters. The Morgan fingerprint density at radius 1 is 1.00 bits per heavy atom. The molecule has 0 amide bonds. The largest absolute Gasteiger partial charge is 0.486 e. The zero-order valence-corrected chi connectivity index (χ0v) is 12.8. The Balaban J connectivity index is 1.55. The summed E-state index contributed by atoms with van der Waals surface area (Å²) in [5, 5.41) is 4.65. The van der Waals surface area contributed by atoms with Gasteiger partial charge in [-0.25, -0.2) is 0 Å². The van der Waals surface area contributed by atoms with Gasteiger partial charge in [-0.3, -0.25) is 0 Å². The van der Waals surface area contributed by atoms with E-state index in [4.69, 9.17) is 32.7 Å². The fraction of sp³-hybridized carbons (Fsp3) is 0.250. The number of ether oxygens (including phenoxy) is 2. The first kappa shape index (κ1) is 14.5. The highest BCUT2D eigenvalue weighted by molar-refractivity contribution is 6.35. The molecule has 3 nitrogen and oxygen atoms in total. The lowest BCUT2D eigenvalue weighted by Gasteiger charge is -2.26. The lowest BCUT2D eigenvalue weighted by atomic mass is 10.2. The van der Waals surface area contributed by atoms with Crippen molar-refractivity contribution < 1.29 is 9.47 Å². The van der Waals surface area contributed by atoms with Gasteiger partial charge in [0.05, 0.1) is 0 Å². The first-order chi connectivity index (χ1) is 10.2. The van der Waals surface area contributed by atoms with Crippen LogP contribution in [0.25, 0.3) is 0 Å². The zero-order valence-electron chi connectivity index (χ0n) is 11.3. The van der Waals surface area contributed by atoms with E-state index in [-0.39, 0.29) is 6.10 Å². The quantitative estimate of drug-likeness (QED) is 0.924. The molecular weight excluding hydrogens is 309 g/mol. The number of rotatable bonds is 4. The fourth-order valence-corrected chi connectivity index (χ4v) is 2.75. The standard InChI is InChI=1S/C16H15Cl2NO2/c17-13-4-3-5-14(18)12(13)9-19-8-11-10-20-15-6-1-2-7-16(15)21-11/h1-7,11,19H,8-10H2. The van der Waals surface area contributed by atoms with E-state index in [0.29, 0.717) is 29.7 Å². The number of fused-ring (bicyclic) bond motifs is 1. The van der Waals surface area contributed by atoms with Crippen LogP contribution in [0.4, 0.5) is 0 Å². The van der Waals surface area contributed by atoms with Crippen molar-refractivity contribution in [3.8, 4) is 11.5 Å². The number of benzene rings is 2. The molecule has 5 heteroatoms. The Bertz CT molecular complexity index is 613. The van der Waals surface area contributed by atoms with Gasteiger partial charge in [0.2, 0.25) is 0 Å². The SMILES string of the molecule is Clc1cccc(Cl)c1CNCC1COc2ccccc2O1. The molecule has 3 rings (SSSR count). The predicted octanol–water partition coefficient (Wildman–Crippen LogP) is 3.92. The molecule has 1 heterocycles. The van der Waals surface area contributed by atoms with E-state index in [1.54, 1.807) is 0 Å². The molecule has 1 aliphatic heterocycles. The molecule has 0 aromatic heterocycles. The molecule has 0 saturated carbocycles. The van der Waals surface area contributed by atoms with Crippen molar-refractivity contribution in [2.45, 2.75) is 12.6 Å². The molecule has 2 aromatic rings. The van der Waals surface area contributed by atoms with E-state index in [9.17, 15) is 0 Å². The second-order valence-corrected chi connectivity index (χ2v) is 5.64. The van der Waals surface area contributed by atoms with Crippen LogP contribution >= 0.6 is 23.2 Å². The Morgan fingerprint density at radius 3 is 2.48 bits per heavy atom. The maximum Gasteiger partial charge on any atom is 0.161 e. The van der Waals surface area contributed by atoms with Crippen LogP contribution in [0.1, 0.15) is 5.56 Å². The second-order valence-electron chi connectivity index (χ2n) is 4.83. The highest BCUT2D eigenvalue weighted by atomic mass is 35.5. The molecule has 0 fully saturated rings. The third-order valence-electron chi connectivity index (χ3n) is 3.30. The zero-order chi connectivity index (χ0) is 14.7. The Morgan fingerprint density at radius 2 is 1.71 bits per heavy atom. The summed E-state index contributed by atoms with van der Waals surface area (Å²) in [7, 11) is 0. The second kappa shape index (κ2) is 6.56. The molecule has 2 aromatic carbocycles. The van der Waals surface area contributed by atoms with Crippen LogP contribution in [0.15, 0.2) is 42.5 Å². The summed E-state index contributed by atoms with van der Waals surface area (Å²) in [6.45, 7) is 1.79. The number of hydrogen-bond acceptors (Lipinski definition) is 3. The minimum atomic E-state index is -0.0267. The average Bonchev–Trinajstić information content (AvgIpc) is 2.50. The lowest BCUT2D eigenvalue weighted by molar-refractivity contribution is 0.0902. The molecular formula is C16H15Cl2NO2. The van der Waals surface area contributed by atoms with Crippen molar-refractivity contribution in [1.82, 2.24) is 5.32 Å². The van der Waals surface area contributed by atoms with Crippen LogP contribution in [-0.2, 0) is 6.54 Å². The third kappa shape index (κ3) is 3.43. The van der Waals surface area contributed by atoms with Gasteiger partial charge in [-0.1, -0.05) is 41.4 Å². The van der Waals surface area contributed by atoms with E-state index in [0.717, 1.165) is 17.1 Å². The fourth-order valence-electron chi connectivity index (χ4n) is 2.22. The molecule has 0 saturated heterocycles. The van der Waals surface area contributed by atoms with Gasteiger partial charge in [0.25, 0.3) is 0 Å². The van der Waals surface area contributed by atoms with Gasteiger partial charge < -0.3 is 14.8 Å². The van der Waals surface area contributed by atoms with Gasteiger partial charge in [0, 0.05) is 28.7 Å². The summed E-state index contributed by atoms with van der Waals surface area (Å²) in [6, 6.07) is 13.2. The molecule has 1 aliphatic rings. The van der Waals surface area contributed by atoms with Crippen molar-refractivity contribution in [2.24, 2.45) is 0 Å². The van der Waals surface area contributed by atoms with E-state index < -0.39 is 0 Å². The number of para-hydroxylation sites is 2. The van der Waals surface area contributed by atoms with Crippen molar-refractivity contribution in [1.29, 1.82) is 0 Å². The molecule has 21 heavy (non-hydrogen) atoms. The third-order valence-corrected chi connectivity index (χ3v) is 4.01. The minimum Gasteiger partial charge on any atom is -0.486 e. The van der Waals surface area contributed by atoms with Crippen LogP contribution in [0.3, 0.4) is 0 Å².